The van der Waals surface area contributed by atoms with Crippen molar-refractivity contribution in [3.63, 3.8) is 0 Å². The summed E-state index contributed by atoms with van der Waals surface area (Å²) in [6, 6.07) is 12.0. The Labute approximate surface area is 119 Å². The number of ether oxygens (including phenoxy) is 2. The van der Waals surface area contributed by atoms with E-state index in [0.717, 1.165) is 0 Å². The van der Waals surface area contributed by atoms with E-state index in [0.29, 0.717) is 22.7 Å². The Balaban J connectivity index is 2.06. The maximum atomic E-state index is 11.9. The molecule has 21 heavy (non-hydrogen) atoms. The van der Waals surface area contributed by atoms with E-state index >= 15 is 0 Å². The van der Waals surface area contributed by atoms with Gasteiger partial charge in [-0.15, -0.1) is 5.26 Å². The van der Waals surface area contributed by atoms with Gasteiger partial charge in [0.25, 0.3) is 6.26 Å². The minimum absolute atomic E-state index is 0.315. The molecule has 0 aliphatic heterocycles. The Kier molecular flexibility index (Phi) is 4.44. The molecule has 0 heterocycles. The molecule has 102 valence electrons. The Bertz CT molecular complexity index is 724. The SMILES string of the molecule is N#COc1ccc(C(=O)Oc2ccc(N=C=O)cc2)cc1. The molecule has 0 spiro atoms. The second-order valence-corrected chi connectivity index (χ2v) is 3.80. The molecule has 0 amide bonds. The number of hydrogen-bond donors (Lipinski definition) is 0. The third-order valence-electron chi connectivity index (χ3n) is 2.48. The number of isocyanates is 1. The number of carbonyl (C=O) groups is 1. The zero-order chi connectivity index (χ0) is 15.1. The maximum Gasteiger partial charge on any atom is 0.343 e. The average Bonchev–Trinajstić information content (AvgIpc) is 2.50. The predicted molar refractivity (Wildman–Crippen MR) is 71.9 cm³/mol. The zero-order valence-electron chi connectivity index (χ0n) is 10.6. The highest BCUT2D eigenvalue weighted by molar-refractivity contribution is 5.91. The summed E-state index contributed by atoms with van der Waals surface area (Å²) < 4.78 is 9.76. The normalized spacial score (nSPS) is 9.10. The highest BCUT2D eigenvalue weighted by Gasteiger charge is 2.08. The monoisotopic (exact) mass is 280 g/mol. The molecule has 0 aliphatic carbocycles. The van der Waals surface area contributed by atoms with Crippen LogP contribution in [0.2, 0.25) is 0 Å². The summed E-state index contributed by atoms with van der Waals surface area (Å²) in [6.07, 6.45) is 2.95. The lowest BCUT2D eigenvalue weighted by molar-refractivity contribution is 0.0735. The summed E-state index contributed by atoms with van der Waals surface area (Å²) in [6.45, 7) is 0. The number of hydrogen-bond acceptors (Lipinski definition) is 6. The summed E-state index contributed by atoms with van der Waals surface area (Å²) >= 11 is 0. The van der Waals surface area contributed by atoms with Gasteiger partial charge >= 0.3 is 5.97 Å². The second-order valence-electron chi connectivity index (χ2n) is 3.80. The summed E-state index contributed by atoms with van der Waals surface area (Å²) in [4.78, 5) is 25.4. The lowest BCUT2D eigenvalue weighted by atomic mass is 10.2. The molecule has 0 saturated heterocycles. The minimum atomic E-state index is -0.551. The Morgan fingerprint density at radius 2 is 1.62 bits per heavy atom. The van der Waals surface area contributed by atoms with Gasteiger partial charge in [-0.3, -0.25) is 0 Å². The van der Waals surface area contributed by atoms with E-state index in [-0.39, 0.29) is 0 Å². The molecule has 0 radical (unpaired) electrons. The third-order valence-corrected chi connectivity index (χ3v) is 2.48. The molecule has 6 heteroatoms. The molecule has 0 fully saturated rings. The molecular weight excluding hydrogens is 272 g/mol. The van der Waals surface area contributed by atoms with Crippen LogP contribution in [-0.2, 0) is 4.79 Å². The minimum Gasteiger partial charge on any atom is -0.423 e. The average molecular weight is 280 g/mol. The number of aliphatic imine (C=N–C) groups is 1. The first-order valence-corrected chi connectivity index (χ1v) is 5.79. The number of rotatable bonds is 4. The molecule has 2 aromatic carbocycles. The lowest BCUT2D eigenvalue weighted by Crippen LogP contribution is -2.08. The smallest absolute Gasteiger partial charge is 0.343 e. The Morgan fingerprint density at radius 3 is 2.19 bits per heavy atom. The Morgan fingerprint density at radius 1 is 1.00 bits per heavy atom. The fraction of sp³-hybridized carbons (Fsp3) is 0. The van der Waals surface area contributed by atoms with Crippen molar-refractivity contribution in [1.29, 1.82) is 5.26 Å². The van der Waals surface area contributed by atoms with Gasteiger partial charge in [-0.05, 0) is 48.5 Å². The van der Waals surface area contributed by atoms with Crippen LogP contribution in [0.3, 0.4) is 0 Å². The highest BCUT2D eigenvalue weighted by Crippen LogP contribution is 2.19. The fourth-order valence-electron chi connectivity index (χ4n) is 1.52. The van der Waals surface area contributed by atoms with E-state index in [9.17, 15) is 9.59 Å². The molecular formula is C15H8N2O4. The van der Waals surface area contributed by atoms with Crippen molar-refractivity contribution in [3.05, 3.63) is 54.1 Å². The maximum absolute atomic E-state index is 11.9. The molecule has 0 aliphatic rings. The van der Waals surface area contributed by atoms with Crippen LogP contribution < -0.4 is 9.47 Å². The first kappa shape index (κ1) is 14.0. The molecule has 0 atom stereocenters. The van der Waals surface area contributed by atoms with Crippen LogP contribution in [0.5, 0.6) is 11.5 Å². The van der Waals surface area contributed by atoms with Crippen LogP contribution in [0.15, 0.2) is 53.5 Å². The van der Waals surface area contributed by atoms with Crippen LogP contribution in [-0.4, -0.2) is 12.0 Å². The van der Waals surface area contributed by atoms with E-state index in [2.05, 4.69) is 9.73 Å². The van der Waals surface area contributed by atoms with Crippen molar-refractivity contribution >= 4 is 17.7 Å². The number of esters is 1. The molecule has 6 nitrogen and oxygen atoms in total. The van der Waals surface area contributed by atoms with E-state index in [1.54, 1.807) is 0 Å². The van der Waals surface area contributed by atoms with E-state index in [4.69, 9.17) is 10.00 Å². The highest BCUT2D eigenvalue weighted by atomic mass is 16.5. The Hall–Kier alpha value is -3.42. The van der Waals surface area contributed by atoms with Crippen LogP contribution in [0, 0.1) is 11.5 Å². The van der Waals surface area contributed by atoms with Gasteiger partial charge in [0.05, 0.1) is 11.3 Å². The molecule has 0 bridgehead atoms. The van der Waals surface area contributed by atoms with Crippen molar-refractivity contribution < 1.29 is 19.1 Å². The van der Waals surface area contributed by atoms with E-state index in [1.807, 2.05) is 0 Å². The van der Waals surface area contributed by atoms with Gasteiger partial charge in [0.1, 0.15) is 11.5 Å². The van der Waals surface area contributed by atoms with Gasteiger partial charge in [0, 0.05) is 0 Å². The third kappa shape index (κ3) is 3.77. The lowest BCUT2D eigenvalue weighted by Gasteiger charge is -2.04. The van der Waals surface area contributed by atoms with Gasteiger partial charge < -0.3 is 9.47 Å². The standard InChI is InChI=1S/C15H8N2O4/c16-9-20-13-5-1-11(2-6-13)15(19)21-14-7-3-12(4-8-14)17-10-18/h1-8H. The predicted octanol–water partition coefficient (Wildman–Crippen LogP) is 2.73. The fourth-order valence-corrected chi connectivity index (χ4v) is 1.52. The summed E-state index contributed by atoms with van der Waals surface area (Å²) in [7, 11) is 0. The zero-order valence-corrected chi connectivity index (χ0v) is 10.6. The first-order chi connectivity index (χ1) is 10.2. The number of nitriles is 1. The van der Waals surface area contributed by atoms with Gasteiger partial charge in [0.2, 0.25) is 6.08 Å². The topological polar surface area (TPSA) is 88.8 Å². The van der Waals surface area contributed by atoms with E-state index < -0.39 is 5.97 Å². The number of carbonyl (C=O) groups excluding carboxylic acids is 2. The van der Waals surface area contributed by atoms with Crippen LogP contribution in [0.1, 0.15) is 10.4 Å². The summed E-state index contributed by atoms with van der Waals surface area (Å²) in [5.41, 5.74) is 0.734. The van der Waals surface area contributed by atoms with Gasteiger partial charge in [-0.25, -0.2) is 9.59 Å². The van der Waals surface area contributed by atoms with Crippen molar-refractivity contribution in [2.45, 2.75) is 0 Å². The van der Waals surface area contributed by atoms with E-state index in [1.165, 1.54) is 60.9 Å². The van der Waals surface area contributed by atoms with Gasteiger partial charge in [-0.1, -0.05) is 0 Å². The van der Waals surface area contributed by atoms with Gasteiger partial charge in [0.15, 0.2) is 0 Å². The van der Waals surface area contributed by atoms with Crippen molar-refractivity contribution in [1.82, 2.24) is 0 Å². The van der Waals surface area contributed by atoms with Crippen molar-refractivity contribution in [3.8, 4) is 17.8 Å². The molecule has 0 saturated carbocycles. The number of benzene rings is 2. The largest absolute Gasteiger partial charge is 0.423 e. The molecule has 0 aromatic heterocycles. The van der Waals surface area contributed by atoms with Crippen LogP contribution >= 0.6 is 0 Å². The first-order valence-electron chi connectivity index (χ1n) is 5.79. The number of nitrogens with zero attached hydrogens (tertiary/aromatic N) is 2. The molecule has 0 N–H and O–H groups in total. The second kappa shape index (κ2) is 6.66. The quantitative estimate of drug-likeness (QED) is 0.282. The van der Waals surface area contributed by atoms with Crippen molar-refractivity contribution in [2.75, 3.05) is 0 Å². The summed E-state index contributed by atoms with van der Waals surface area (Å²) in [5, 5.41) is 8.36. The van der Waals surface area contributed by atoms with Crippen molar-refractivity contribution in [2.24, 2.45) is 4.99 Å². The van der Waals surface area contributed by atoms with Crippen LogP contribution in [0.25, 0.3) is 0 Å². The molecule has 2 rings (SSSR count). The molecule has 0 unspecified atom stereocenters. The molecule has 2 aromatic rings. The summed E-state index contributed by atoms with van der Waals surface area (Å²) in [5.74, 6) is 0.109. The van der Waals surface area contributed by atoms with Gasteiger partial charge in [-0.2, -0.15) is 4.99 Å². The van der Waals surface area contributed by atoms with Crippen LogP contribution in [0.4, 0.5) is 5.69 Å².